The zero-order chi connectivity index (χ0) is 22.5. The Morgan fingerprint density at radius 3 is 2.55 bits per heavy atom. The molecule has 3 rings (SSSR count). The summed E-state index contributed by atoms with van der Waals surface area (Å²) in [6, 6.07) is 10.4. The highest BCUT2D eigenvalue weighted by atomic mass is 16.5. The van der Waals surface area contributed by atoms with Crippen LogP contribution in [0.2, 0.25) is 0 Å². The summed E-state index contributed by atoms with van der Waals surface area (Å²) in [6.07, 6.45) is 0. The third kappa shape index (κ3) is 4.95. The highest BCUT2D eigenvalue weighted by Gasteiger charge is 2.17. The van der Waals surface area contributed by atoms with E-state index in [1.54, 1.807) is 31.2 Å². The van der Waals surface area contributed by atoms with E-state index in [-0.39, 0.29) is 40.3 Å². The van der Waals surface area contributed by atoms with Crippen LogP contribution in [0.5, 0.6) is 23.0 Å². The first kappa shape index (κ1) is 21.7. The van der Waals surface area contributed by atoms with Crippen molar-refractivity contribution >= 4 is 22.8 Å². The summed E-state index contributed by atoms with van der Waals surface area (Å²) in [5.41, 5.74) is -0.115. The van der Waals surface area contributed by atoms with Crippen LogP contribution < -0.4 is 25.0 Å². The molecule has 1 aromatic heterocycles. The highest BCUT2D eigenvalue weighted by molar-refractivity contribution is 5.84. The summed E-state index contributed by atoms with van der Waals surface area (Å²) >= 11 is 0. The van der Waals surface area contributed by atoms with Gasteiger partial charge < -0.3 is 29.1 Å². The summed E-state index contributed by atoms with van der Waals surface area (Å²) in [5, 5.41) is 11.4. The van der Waals surface area contributed by atoms with E-state index in [0.29, 0.717) is 11.5 Å². The Kier molecular flexibility index (Phi) is 6.44. The predicted molar refractivity (Wildman–Crippen MR) is 111 cm³/mol. The van der Waals surface area contributed by atoms with Gasteiger partial charge in [0.1, 0.15) is 23.1 Å². The summed E-state index contributed by atoms with van der Waals surface area (Å²) in [5.74, 6) is -0.314. The van der Waals surface area contributed by atoms with Crippen molar-refractivity contribution in [3.8, 4) is 23.0 Å². The first-order valence-electron chi connectivity index (χ1n) is 9.33. The lowest BCUT2D eigenvalue weighted by molar-refractivity contribution is -0.141. The SMILES string of the molecule is COc1ccccc1Oc1c(C)oc2cc(OCC(=O)N[C@@H](C)C(=O)O)ccc2c1=O. The third-order valence-electron chi connectivity index (χ3n) is 4.39. The van der Waals surface area contributed by atoms with E-state index < -0.39 is 17.9 Å². The fourth-order valence-electron chi connectivity index (χ4n) is 2.78. The number of carbonyl (C=O) groups is 2. The van der Waals surface area contributed by atoms with Crippen molar-refractivity contribution in [3.63, 3.8) is 0 Å². The van der Waals surface area contributed by atoms with Crippen LogP contribution in [0.15, 0.2) is 51.7 Å². The van der Waals surface area contributed by atoms with Crippen LogP contribution >= 0.6 is 0 Å². The molecular weight excluding hydrogens is 406 g/mol. The molecule has 0 bridgehead atoms. The van der Waals surface area contributed by atoms with Gasteiger partial charge in [-0.2, -0.15) is 0 Å². The Hall–Kier alpha value is -4.01. The normalized spacial score (nSPS) is 11.6. The second-order valence-electron chi connectivity index (χ2n) is 6.64. The van der Waals surface area contributed by atoms with E-state index in [4.69, 9.17) is 23.7 Å². The molecule has 2 N–H and O–H groups in total. The smallest absolute Gasteiger partial charge is 0.325 e. The average Bonchev–Trinajstić information content (AvgIpc) is 2.75. The Morgan fingerprint density at radius 2 is 1.87 bits per heavy atom. The van der Waals surface area contributed by atoms with E-state index >= 15 is 0 Å². The van der Waals surface area contributed by atoms with Crippen molar-refractivity contribution in [1.82, 2.24) is 5.32 Å². The molecule has 2 aromatic carbocycles. The third-order valence-corrected chi connectivity index (χ3v) is 4.39. The zero-order valence-electron chi connectivity index (χ0n) is 17.1. The van der Waals surface area contributed by atoms with E-state index in [1.807, 2.05) is 0 Å². The Bertz CT molecular complexity index is 1180. The quantitative estimate of drug-likeness (QED) is 0.562. The van der Waals surface area contributed by atoms with Gasteiger partial charge in [-0.25, -0.2) is 0 Å². The van der Waals surface area contributed by atoms with Crippen molar-refractivity contribution in [1.29, 1.82) is 0 Å². The number of fused-ring (bicyclic) bond motifs is 1. The zero-order valence-corrected chi connectivity index (χ0v) is 17.1. The lowest BCUT2D eigenvalue weighted by Crippen LogP contribution is -2.40. The lowest BCUT2D eigenvalue weighted by atomic mass is 10.2. The predicted octanol–water partition coefficient (Wildman–Crippen LogP) is 2.87. The number of carboxylic acids is 1. The molecule has 1 atom stereocenters. The minimum absolute atomic E-state index is 0.0349. The number of aryl methyl sites for hydroxylation is 1. The molecule has 0 saturated heterocycles. The molecule has 0 spiro atoms. The van der Waals surface area contributed by atoms with Crippen molar-refractivity contribution in [2.75, 3.05) is 13.7 Å². The molecule has 9 heteroatoms. The lowest BCUT2D eigenvalue weighted by Gasteiger charge is -2.12. The summed E-state index contributed by atoms with van der Waals surface area (Å²) < 4.78 is 22.1. The largest absolute Gasteiger partial charge is 0.493 e. The van der Waals surface area contributed by atoms with Gasteiger partial charge in [-0.3, -0.25) is 14.4 Å². The van der Waals surface area contributed by atoms with Crippen LogP contribution in [0.3, 0.4) is 0 Å². The number of carboxylic acid groups (broad SMARTS) is 1. The van der Waals surface area contributed by atoms with Crippen molar-refractivity contribution in [3.05, 3.63) is 58.4 Å². The molecule has 0 aliphatic rings. The molecule has 1 amide bonds. The van der Waals surface area contributed by atoms with Crippen molar-refractivity contribution < 1.29 is 33.3 Å². The second-order valence-corrected chi connectivity index (χ2v) is 6.64. The number of nitrogens with one attached hydrogen (secondary N) is 1. The van der Waals surface area contributed by atoms with Crippen LogP contribution in [-0.2, 0) is 9.59 Å². The molecular formula is C22H21NO8. The molecule has 0 saturated carbocycles. The maximum Gasteiger partial charge on any atom is 0.325 e. The van der Waals surface area contributed by atoms with Gasteiger partial charge in [-0.1, -0.05) is 12.1 Å². The molecule has 31 heavy (non-hydrogen) atoms. The van der Waals surface area contributed by atoms with Crippen LogP contribution in [0, 0.1) is 6.92 Å². The average molecular weight is 427 g/mol. The van der Waals surface area contributed by atoms with Gasteiger partial charge in [-0.05, 0) is 38.1 Å². The topological polar surface area (TPSA) is 124 Å². The maximum absolute atomic E-state index is 12.9. The van der Waals surface area contributed by atoms with Gasteiger partial charge in [-0.15, -0.1) is 0 Å². The van der Waals surface area contributed by atoms with Crippen LogP contribution in [0.1, 0.15) is 12.7 Å². The van der Waals surface area contributed by atoms with Gasteiger partial charge in [0, 0.05) is 6.07 Å². The van der Waals surface area contributed by atoms with Gasteiger partial charge in [0.2, 0.25) is 11.2 Å². The Labute approximate surface area is 177 Å². The van der Waals surface area contributed by atoms with Gasteiger partial charge in [0.25, 0.3) is 5.91 Å². The monoisotopic (exact) mass is 427 g/mol. The number of hydrogen-bond donors (Lipinski definition) is 2. The van der Waals surface area contributed by atoms with Crippen LogP contribution in [0.4, 0.5) is 0 Å². The number of hydrogen-bond acceptors (Lipinski definition) is 7. The minimum Gasteiger partial charge on any atom is -0.493 e. The Balaban J connectivity index is 1.82. The number of amides is 1. The van der Waals surface area contributed by atoms with Gasteiger partial charge >= 0.3 is 5.97 Å². The van der Waals surface area contributed by atoms with Crippen molar-refractivity contribution in [2.45, 2.75) is 19.9 Å². The molecule has 0 aliphatic carbocycles. The summed E-state index contributed by atoms with van der Waals surface area (Å²) in [7, 11) is 1.50. The molecule has 162 valence electrons. The fraction of sp³-hybridized carbons (Fsp3) is 0.227. The number of benzene rings is 2. The molecule has 1 heterocycles. The van der Waals surface area contributed by atoms with Crippen LogP contribution in [-0.4, -0.2) is 36.7 Å². The molecule has 0 aliphatic heterocycles. The number of ether oxygens (including phenoxy) is 3. The fourth-order valence-corrected chi connectivity index (χ4v) is 2.78. The summed E-state index contributed by atoms with van der Waals surface area (Å²) in [4.78, 5) is 35.5. The molecule has 9 nitrogen and oxygen atoms in total. The van der Waals surface area contributed by atoms with Gasteiger partial charge in [0.05, 0.1) is 12.5 Å². The molecule has 3 aromatic rings. The van der Waals surface area contributed by atoms with E-state index in [0.717, 1.165) is 0 Å². The summed E-state index contributed by atoms with van der Waals surface area (Å²) in [6.45, 7) is 2.56. The number of rotatable bonds is 8. The number of methoxy groups -OCH3 is 1. The number of aliphatic carboxylic acids is 1. The van der Waals surface area contributed by atoms with Crippen molar-refractivity contribution in [2.24, 2.45) is 0 Å². The van der Waals surface area contributed by atoms with Gasteiger partial charge in [0.15, 0.2) is 18.1 Å². The first-order chi connectivity index (χ1) is 14.8. The Morgan fingerprint density at radius 1 is 1.16 bits per heavy atom. The van der Waals surface area contributed by atoms with E-state index in [1.165, 1.54) is 32.2 Å². The van der Waals surface area contributed by atoms with E-state index in [2.05, 4.69) is 5.32 Å². The van der Waals surface area contributed by atoms with Crippen LogP contribution in [0.25, 0.3) is 11.0 Å². The highest BCUT2D eigenvalue weighted by Crippen LogP contribution is 2.32. The molecule has 0 radical (unpaired) electrons. The molecule has 0 unspecified atom stereocenters. The second kappa shape index (κ2) is 9.21. The number of carbonyl (C=O) groups excluding carboxylic acids is 1. The number of para-hydroxylation sites is 2. The van der Waals surface area contributed by atoms with E-state index in [9.17, 15) is 14.4 Å². The maximum atomic E-state index is 12.9. The first-order valence-corrected chi connectivity index (χ1v) is 9.33. The standard InChI is InChI=1S/C22H21NO8/c1-12(22(26)27)23-19(24)11-29-14-8-9-15-18(10-14)30-13(2)21(20(15)25)31-17-7-5-4-6-16(17)28-3/h4-10,12H,11H2,1-3H3,(H,23,24)(H,26,27)/t12-/m0/s1. The minimum atomic E-state index is -1.15. The molecule has 0 fully saturated rings.